The van der Waals surface area contributed by atoms with Crippen LogP contribution in [-0.4, -0.2) is 17.1 Å². The smallest absolute Gasteiger partial charge is 0.152 e. The number of halogens is 1. The number of fused-ring (bicyclic) bond motifs is 1. The molecule has 4 nitrogen and oxygen atoms in total. The number of pyridine rings is 2. The molecule has 0 saturated carbocycles. The Balaban J connectivity index is 2.05. The Morgan fingerprint density at radius 1 is 1.08 bits per heavy atom. The molecule has 0 atom stereocenters. The molecule has 5 heteroatoms. The maximum atomic E-state index is 13.3. The van der Waals surface area contributed by atoms with Gasteiger partial charge in [0.15, 0.2) is 5.75 Å². The summed E-state index contributed by atoms with van der Waals surface area (Å²) in [5.74, 6) is 0.908. The standard InChI is InChI=1S/C19H19FN2O2/c1-12-17(10-13-7-8-14(20)11-15(13)22-12)24-16-6-5-9-21-18(16)19(2,3)23-4/h5-11H,1-4H3. The lowest BCUT2D eigenvalue weighted by atomic mass is 10.0. The summed E-state index contributed by atoms with van der Waals surface area (Å²) in [6.45, 7) is 5.68. The van der Waals surface area contributed by atoms with E-state index in [2.05, 4.69) is 9.97 Å². The van der Waals surface area contributed by atoms with Gasteiger partial charge in [0.05, 0.1) is 11.2 Å². The van der Waals surface area contributed by atoms with Gasteiger partial charge >= 0.3 is 0 Å². The van der Waals surface area contributed by atoms with Gasteiger partial charge in [-0.2, -0.15) is 0 Å². The zero-order valence-electron chi connectivity index (χ0n) is 14.1. The van der Waals surface area contributed by atoms with Crippen LogP contribution in [0.4, 0.5) is 4.39 Å². The van der Waals surface area contributed by atoms with E-state index in [1.807, 2.05) is 39.0 Å². The first-order chi connectivity index (χ1) is 11.4. The van der Waals surface area contributed by atoms with Crippen molar-refractivity contribution in [2.75, 3.05) is 7.11 Å². The topological polar surface area (TPSA) is 44.2 Å². The minimum Gasteiger partial charge on any atom is -0.453 e. The average molecular weight is 326 g/mol. The first-order valence-corrected chi connectivity index (χ1v) is 7.66. The van der Waals surface area contributed by atoms with E-state index in [4.69, 9.17) is 9.47 Å². The number of aromatic nitrogens is 2. The van der Waals surface area contributed by atoms with Crippen LogP contribution in [0, 0.1) is 12.7 Å². The van der Waals surface area contributed by atoms with Crippen molar-refractivity contribution in [2.45, 2.75) is 26.4 Å². The molecule has 2 heterocycles. The molecule has 0 aliphatic rings. The van der Waals surface area contributed by atoms with Crippen molar-refractivity contribution in [1.82, 2.24) is 9.97 Å². The largest absolute Gasteiger partial charge is 0.453 e. The van der Waals surface area contributed by atoms with Gasteiger partial charge in [0.2, 0.25) is 0 Å². The van der Waals surface area contributed by atoms with E-state index in [9.17, 15) is 4.39 Å². The van der Waals surface area contributed by atoms with Crippen molar-refractivity contribution in [3.05, 3.63) is 59.8 Å². The quantitative estimate of drug-likeness (QED) is 0.694. The van der Waals surface area contributed by atoms with Gasteiger partial charge in [0, 0.05) is 24.8 Å². The van der Waals surface area contributed by atoms with Gasteiger partial charge < -0.3 is 9.47 Å². The highest BCUT2D eigenvalue weighted by molar-refractivity contribution is 5.80. The summed E-state index contributed by atoms with van der Waals surface area (Å²) >= 11 is 0. The van der Waals surface area contributed by atoms with Crippen molar-refractivity contribution < 1.29 is 13.9 Å². The minimum atomic E-state index is -0.585. The molecule has 0 fully saturated rings. The number of benzene rings is 1. The Labute approximate surface area is 140 Å². The summed E-state index contributed by atoms with van der Waals surface area (Å²) in [6, 6.07) is 10.0. The van der Waals surface area contributed by atoms with Crippen LogP contribution in [0.25, 0.3) is 10.9 Å². The van der Waals surface area contributed by atoms with E-state index in [0.717, 1.165) is 5.39 Å². The highest BCUT2D eigenvalue weighted by atomic mass is 19.1. The highest BCUT2D eigenvalue weighted by Crippen LogP contribution is 2.34. The summed E-state index contributed by atoms with van der Waals surface area (Å²) in [5.41, 5.74) is 1.39. The van der Waals surface area contributed by atoms with Crippen LogP contribution >= 0.6 is 0 Å². The van der Waals surface area contributed by atoms with Gasteiger partial charge in [-0.15, -0.1) is 0 Å². The lowest BCUT2D eigenvalue weighted by Gasteiger charge is -2.24. The van der Waals surface area contributed by atoms with Crippen molar-refractivity contribution in [2.24, 2.45) is 0 Å². The molecule has 0 saturated heterocycles. The Morgan fingerprint density at radius 3 is 2.62 bits per heavy atom. The fraction of sp³-hybridized carbons (Fsp3) is 0.263. The molecule has 124 valence electrons. The van der Waals surface area contributed by atoms with Crippen LogP contribution in [0.3, 0.4) is 0 Å². The van der Waals surface area contributed by atoms with Crippen LogP contribution < -0.4 is 4.74 Å². The third-order valence-corrected chi connectivity index (χ3v) is 4.00. The van der Waals surface area contributed by atoms with Gasteiger partial charge in [-0.3, -0.25) is 4.98 Å². The van der Waals surface area contributed by atoms with Crippen molar-refractivity contribution in [3.8, 4) is 11.5 Å². The predicted molar refractivity (Wildman–Crippen MR) is 90.8 cm³/mol. The second kappa shape index (κ2) is 6.17. The fourth-order valence-electron chi connectivity index (χ4n) is 2.46. The third-order valence-electron chi connectivity index (χ3n) is 4.00. The van der Waals surface area contributed by atoms with Crippen molar-refractivity contribution in [3.63, 3.8) is 0 Å². The van der Waals surface area contributed by atoms with Crippen LogP contribution in [0.1, 0.15) is 25.2 Å². The monoisotopic (exact) mass is 326 g/mol. The molecule has 0 unspecified atom stereocenters. The predicted octanol–water partition coefficient (Wildman–Crippen LogP) is 4.75. The molecular weight excluding hydrogens is 307 g/mol. The van der Waals surface area contributed by atoms with E-state index in [1.54, 1.807) is 19.4 Å². The summed E-state index contributed by atoms with van der Waals surface area (Å²) in [7, 11) is 1.63. The number of ether oxygens (including phenoxy) is 2. The average Bonchev–Trinajstić information content (AvgIpc) is 2.56. The number of methoxy groups -OCH3 is 1. The van der Waals surface area contributed by atoms with Crippen LogP contribution in [0.2, 0.25) is 0 Å². The molecule has 0 aliphatic carbocycles. The van der Waals surface area contributed by atoms with Crippen LogP contribution in [0.15, 0.2) is 42.6 Å². The lowest BCUT2D eigenvalue weighted by molar-refractivity contribution is 0.0138. The summed E-state index contributed by atoms with van der Waals surface area (Å²) in [6.07, 6.45) is 1.71. The first-order valence-electron chi connectivity index (χ1n) is 7.66. The summed E-state index contributed by atoms with van der Waals surface area (Å²) < 4.78 is 24.9. The third kappa shape index (κ3) is 3.08. The number of rotatable bonds is 4. The van der Waals surface area contributed by atoms with Gasteiger partial charge in [-0.1, -0.05) is 0 Å². The molecule has 0 radical (unpaired) electrons. The zero-order chi connectivity index (χ0) is 17.3. The molecule has 0 N–H and O–H groups in total. The van der Waals surface area contributed by atoms with E-state index < -0.39 is 5.60 Å². The number of aryl methyl sites for hydroxylation is 1. The molecule has 2 aromatic heterocycles. The summed E-state index contributed by atoms with van der Waals surface area (Å²) in [5, 5.41) is 0.813. The van der Waals surface area contributed by atoms with Crippen molar-refractivity contribution in [1.29, 1.82) is 0 Å². The Kier molecular flexibility index (Phi) is 4.20. The van der Waals surface area contributed by atoms with Crippen LogP contribution in [-0.2, 0) is 10.3 Å². The number of hydrogen-bond acceptors (Lipinski definition) is 4. The lowest BCUT2D eigenvalue weighted by Crippen LogP contribution is -2.21. The van der Waals surface area contributed by atoms with Gasteiger partial charge in [0.25, 0.3) is 0 Å². The van der Waals surface area contributed by atoms with Crippen molar-refractivity contribution >= 4 is 10.9 Å². The molecule has 3 aromatic rings. The minimum absolute atomic E-state index is 0.306. The normalized spacial score (nSPS) is 11.7. The maximum Gasteiger partial charge on any atom is 0.152 e. The Hall–Kier alpha value is -2.53. The molecule has 3 rings (SSSR count). The molecule has 0 amide bonds. The van der Waals surface area contributed by atoms with E-state index in [1.165, 1.54) is 12.1 Å². The summed E-state index contributed by atoms with van der Waals surface area (Å²) in [4.78, 5) is 8.83. The van der Waals surface area contributed by atoms with Gasteiger partial charge in [-0.25, -0.2) is 9.37 Å². The second-order valence-electron chi connectivity index (χ2n) is 6.08. The Morgan fingerprint density at radius 2 is 1.88 bits per heavy atom. The number of hydrogen-bond donors (Lipinski definition) is 0. The first kappa shape index (κ1) is 16.3. The van der Waals surface area contributed by atoms with Crippen LogP contribution in [0.5, 0.6) is 11.5 Å². The van der Waals surface area contributed by atoms with E-state index >= 15 is 0 Å². The van der Waals surface area contributed by atoms with Gasteiger partial charge in [0.1, 0.15) is 22.9 Å². The molecular formula is C19H19FN2O2. The maximum absolute atomic E-state index is 13.3. The molecule has 0 bridgehead atoms. The van der Waals surface area contributed by atoms with E-state index in [0.29, 0.717) is 28.4 Å². The molecule has 24 heavy (non-hydrogen) atoms. The SMILES string of the molecule is COC(C)(C)c1ncccc1Oc1cc2ccc(F)cc2nc1C. The molecule has 0 spiro atoms. The Bertz CT molecular complexity index is 894. The second-order valence-corrected chi connectivity index (χ2v) is 6.08. The highest BCUT2D eigenvalue weighted by Gasteiger charge is 2.26. The molecule has 0 aliphatic heterocycles. The fourth-order valence-corrected chi connectivity index (χ4v) is 2.46. The van der Waals surface area contributed by atoms with Gasteiger partial charge in [-0.05, 0) is 51.1 Å². The number of nitrogens with zero attached hydrogens (tertiary/aromatic N) is 2. The molecule has 1 aromatic carbocycles. The zero-order valence-corrected chi connectivity index (χ0v) is 14.1. The van der Waals surface area contributed by atoms with E-state index in [-0.39, 0.29) is 5.82 Å².